The standard InChI is InChI=1S/C6H9NO3/c1-3(8)6-4(9)2-5(10)7-6/h3,6,8H,2H2,1H3,(H,7,10). The molecule has 0 bridgehead atoms. The Bertz CT molecular complexity index is 176. The van der Waals surface area contributed by atoms with Crippen molar-refractivity contribution in [1.29, 1.82) is 0 Å². The van der Waals surface area contributed by atoms with E-state index >= 15 is 0 Å². The van der Waals surface area contributed by atoms with Crippen molar-refractivity contribution in [3.63, 3.8) is 0 Å². The van der Waals surface area contributed by atoms with E-state index < -0.39 is 12.1 Å². The van der Waals surface area contributed by atoms with Crippen molar-refractivity contribution in [3.8, 4) is 0 Å². The maximum Gasteiger partial charge on any atom is 0.228 e. The average Bonchev–Trinajstić information content (AvgIpc) is 2.10. The molecular formula is C6H9NO3. The largest absolute Gasteiger partial charge is 0.391 e. The zero-order chi connectivity index (χ0) is 7.72. The van der Waals surface area contributed by atoms with Crippen molar-refractivity contribution in [1.82, 2.24) is 5.32 Å². The fourth-order valence-electron chi connectivity index (χ4n) is 0.963. The zero-order valence-electron chi connectivity index (χ0n) is 5.63. The van der Waals surface area contributed by atoms with Gasteiger partial charge in [-0.25, -0.2) is 0 Å². The Balaban J connectivity index is 2.63. The predicted octanol–water partition coefficient (Wildman–Crippen LogP) is -1.18. The first-order valence-corrected chi connectivity index (χ1v) is 3.11. The molecule has 4 heteroatoms. The minimum atomic E-state index is -0.779. The summed E-state index contributed by atoms with van der Waals surface area (Å²) in [4.78, 5) is 21.3. The molecule has 2 atom stereocenters. The molecule has 0 saturated carbocycles. The molecule has 1 rings (SSSR count). The van der Waals surface area contributed by atoms with Crippen LogP contribution in [-0.2, 0) is 9.59 Å². The number of carbonyl (C=O) groups excluding carboxylic acids is 2. The summed E-state index contributed by atoms with van der Waals surface area (Å²) in [5, 5.41) is 11.3. The van der Waals surface area contributed by atoms with Gasteiger partial charge in [0.15, 0.2) is 5.78 Å². The zero-order valence-corrected chi connectivity index (χ0v) is 5.63. The molecule has 1 saturated heterocycles. The minimum Gasteiger partial charge on any atom is -0.391 e. The third kappa shape index (κ3) is 1.16. The van der Waals surface area contributed by atoms with E-state index in [0.29, 0.717) is 0 Å². The molecule has 0 aromatic heterocycles. The predicted molar refractivity (Wildman–Crippen MR) is 33.2 cm³/mol. The number of aliphatic hydroxyl groups is 1. The lowest BCUT2D eigenvalue weighted by Crippen LogP contribution is -2.38. The molecule has 1 heterocycles. The Hall–Kier alpha value is -0.900. The molecule has 0 spiro atoms. The van der Waals surface area contributed by atoms with Crippen LogP contribution < -0.4 is 5.32 Å². The highest BCUT2D eigenvalue weighted by atomic mass is 16.3. The van der Waals surface area contributed by atoms with Gasteiger partial charge in [-0.2, -0.15) is 0 Å². The molecule has 1 fully saturated rings. The van der Waals surface area contributed by atoms with Crippen LogP contribution in [0.4, 0.5) is 0 Å². The summed E-state index contributed by atoms with van der Waals surface area (Å²) >= 11 is 0. The Kier molecular flexibility index (Phi) is 1.72. The summed E-state index contributed by atoms with van der Waals surface area (Å²) in [7, 11) is 0. The molecule has 0 aromatic carbocycles. The highest BCUT2D eigenvalue weighted by molar-refractivity contribution is 6.07. The van der Waals surface area contributed by atoms with E-state index in [1.54, 1.807) is 0 Å². The van der Waals surface area contributed by atoms with E-state index in [-0.39, 0.29) is 18.1 Å². The van der Waals surface area contributed by atoms with Gasteiger partial charge in [0.25, 0.3) is 0 Å². The molecule has 0 aliphatic carbocycles. The van der Waals surface area contributed by atoms with Crippen LogP contribution in [0.25, 0.3) is 0 Å². The average molecular weight is 143 g/mol. The van der Waals surface area contributed by atoms with Gasteiger partial charge in [-0.3, -0.25) is 9.59 Å². The lowest BCUT2D eigenvalue weighted by Gasteiger charge is -2.10. The van der Waals surface area contributed by atoms with Gasteiger partial charge < -0.3 is 10.4 Å². The minimum absolute atomic E-state index is 0.0877. The van der Waals surface area contributed by atoms with Crippen molar-refractivity contribution in [3.05, 3.63) is 0 Å². The monoisotopic (exact) mass is 143 g/mol. The first-order chi connectivity index (χ1) is 4.61. The second kappa shape index (κ2) is 2.38. The van der Waals surface area contributed by atoms with Gasteiger partial charge in [-0.1, -0.05) is 0 Å². The number of nitrogens with one attached hydrogen (secondary N) is 1. The van der Waals surface area contributed by atoms with E-state index in [0.717, 1.165) is 0 Å². The van der Waals surface area contributed by atoms with Crippen LogP contribution in [0.5, 0.6) is 0 Å². The maximum absolute atomic E-state index is 10.8. The van der Waals surface area contributed by atoms with Crippen molar-refractivity contribution in [2.45, 2.75) is 25.5 Å². The summed E-state index contributed by atoms with van der Waals surface area (Å²) < 4.78 is 0. The number of carbonyl (C=O) groups is 2. The Morgan fingerprint density at radius 3 is 2.50 bits per heavy atom. The van der Waals surface area contributed by atoms with Crippen molar-refractivity contribution < 1.29 is 14.7 Å². The van der Waals surface area contributed by atoms with Crippen molar-refractivity contribution in [2.24, 2.45) is 0 Å². The smallest absolute Gasteiger partial charge is 0.228 e. The number of rotatable bonds is 1. The summed E-state index contributed by atoms with van der Waals surface area (Å²) in [6, 6.07) is -0.674. The van der Waals surface area contributed by atoms with E-state index in [9.17, 15) is 9.59 Å². The second-order valence-corrected chi connectivity index (χ2v) is 2.43. The Morgan fingerprint density at radius 2 is 2.30 bits per heavy atom. The molecule has 1 aliphatic heterocycles. The van der Waals surface area contributed by atoms with Crippen LogP contribution in [0.1, 0.15) is 13.3 Å². The van der Waals surface area contributed by atoms with E-state index in [4.69, 9.17) is 5.11 Å². The Morgan fingerprint density at radius 1 is 1.70 bits per heavy atom. The number of aliphatic hydroxyl groups excluding tert-OH is 1. The summed E-state index contributed by atoms with van der Waals surface area (Å²) in [6.45, 7) is 1.48. The number of Topliss-reactive ketones (excluding diaryl/α,β-unsaturated/α-hetero) is 1. The van der Waals surface area contributed by atoms with Gasteiger partial charge in [0.05, 0.1) is 12.5 Å². The summed E-state index contributed by atoms with van der Waals surface area (Å²) in [6.07, 6.45) is -0.866. The normalized spacial score (nSPS) is 28.4. The van der Waals surface area contributed by atoms with Crippen LogP contribution in [0, 0.1) is 0 Å². The van der Waals surface area contributed by atoms with Gasteiger partial charge in [0.1, 0.15) is 6.04 Å². The van der Waals surface area contributed by atoms with Crippen LogP contribution in [-0.4, -0.2) is 28.9 Å². The molecule has 0 radical (unpaired) electrons. The lowest BCUT2D eigenvalue weighted by atomic mass is 10.1. The summed E-state index contributed by atoms with van der Waals surface area (Å²) in [5.41, 5.74) is 0. The SMILES string of the molecule is CC(O)C1NC(=O)CC1=O. The molecule has 1 amide bonds. The number of amides is 1. The highest BCUT2D eigenvalue weighted by Crippen LogP contribution is 2.05. The number of hydrogen-bond acceptors (Lipinski definition) is 3. The molecule has 0 aromatic rings. The molecule has 10 heavy (non-hydrogen) atoms. The fraction of sp³-hybridized carbons (Fsp3) is 0.667. The van der Waals surface area contributed by atoms with Crippen LogP contribution in [0.3, 0.4) is 0 Å². The van der Waals surface area contributed by atoms with Crippen molar-refractivity contribution in [2.75, 3.05) is 0 Å². The van der Waals surface area contributed by atoms with Crippen LogP contribution in [0.2, 0.25) is 0 Å². The first-order valence-electron chi connectivity index (χ1n) is 3.11. The summed E-state index contributed by atoms with van der Waals surface area (Å²) in [5.74, 6) is -0.518. The van der Waals surface area contributed by atoms with Gasteiger partial charge in [0.2, 0.25) is 5.91 Å². The Labute approximate surface area is 58.2 Å². The van der Waals surface area contributed by atoms with E-state index in [1.165, 1.54) is 6.92 Å². The molecular weight excluding hydrogens is 134 g/mol. The van der Waals surface area contributed by atoms with Gasteiger partial charge in [-0.15, -0.1) is 0 Å². The van der Waals surface area contributed by atoms with E-state index in [1.807, 2.05) is 0 Å². The van der Waals surface area contributed by atoms with Gasteiger partial charge >= 0.3 is 0 Å². The highest BCUT2D eigenvalue weighted by Gasteiger charge is 2.32. The van der Waals surface area contributed by atoms with E-state index in [2.05, 4.69) is 5.32 Å². The first kappa shape index (κ1) is 7.21. The van der Waals surface area contributed by atoms with Crippen molar-refractivity contribution >= 4 is 11.7 Å². The van der Waals surface area contributed by atoms with Crippen LogP contribution >= 0.6 is 0 Å². The lowest BCUT2D eigenvalue weighted by molar-refractivity contribution is -0.122. The third-order valence-electron chi connectivity index (χ3n) is 1.48. The fourth-order valence-corrected chi connectivity index (χ4v) is 0.963. The molecule has 56 valence electrons. The third-order valence-corrected chi connectivity index (χ3v) is 1.48. The molecule has 2 unspecified atom stereocenters. The second-order valence-electron chi connectivity index (χ2n) is 2.43. The molecule has 4 nitrogen and oxygen atoms in total. The molecule has 2 N–H and O–H groups in total. The van der Waals surface area contributed by atoms with Gasteiger partial charge in [-0.05, 0) is 6.92 Å². The quantitative estimate of drug-likeness (QED) is 0.454. The number of ketones is 1. The molecule has 1 aliphatic rings. The van der Waals surface area contributed by atoms with Gasteiger partial charge in [0, 0.05) is 0 Å². The topological polar surface area (TPSA) is 66.4 Å². The van der Waals surface area contributed by atoms with Crippen LogP contribution in [0.15, 0.2) is 0 Å². The number of hydrogen-bond donors (Lipinski definition) is 2. The maximum atomic E-state index is 10.8.